The molecular weight excluding hydrogens is 202 g/mol. The van der Waals surface area contributed by atoms with Gasteiger partial charge in [-0.05, 0) is 18.9 Å². The predicted molar refractivity (Wildman–Crippen MR) is 54.3 cm³/mol. The summed E-state index contributed by atoms with van der Waals surface area (Å²) >= 11 is 5.69. The van der Waals surface area contributed by atoms with Crippen molar-refractivity contribution in [1.82, 2.24) is 15.5 Å². The van der Waals surface area contributed by atoms with E-state index in [4.69, 9.17) is 16.5 Å². The van der Waals surface area contributed by atoms with Crippen LogP contribution in [0.3, 0.4) is 0 Å². The predicted octanol–water partition coefficient (Wildman–Crippen LogP) is 1.82. The Labute approximate surface area is 89.3 Å². The molecule has 1 aliphatic carbocycles. The van der Waals surface area contributed by atoms with Crippen molar-refractivity contribution in [2.75, 3.05) is 0 Å². The van der Waals surface area contributed by atoms with Crippen LogP contribution in [-0.4, -0.2) is 10.7 Å². The first-order valence-corrected chi connectivity index (χ1v) is 5.37. The van der Waals surface area contributed by atoms with Gasteiger partial charge in [0.25, 0.3) is 0 Å². The number of hydrazine groups is 2. The van der Waals surface area contributed by atoms with Crippen molar-refractivity contribution in [3.05, 3.63) is 18.5 Å². The summed E-state index contributed by atoms with van der Waals surface area (Å²) in [5, 5.41) is 0. The van der Waals surface area contributed by atoms with Gasteiger partial charge in [-0.2, -0.15) is 5.43 Å². The highest BCUT2D eigenvalue weighted by Gasteiger charge is 2.21. The van der Waals surface area contributed by atoms with E-state index in [1.165, 1.54) is 23.9 Å². The number of rotatable bonds is 2. The maximum absolute atomic E-state index is 5.76. The molecule has 79 valence electrons. The van der Waals surface area contributed by atoms with Crippen molar-refractivity contribution in [3.63, 3.8) is 0 Å². The number of nitrogens with zero attached hydrogens (tertiary/aromatic N) is 1. The molecule has 1 fully saturated rings. The number of hydrogen-bond donors (Lipinski definition) is 2. The van der Waals surface area contributed by atoms with E-state index in [0.29, 0.717) is 12.3 Å². The lowest BCUT2D eigenvalue weighted by Crippen LogP contribution is -2.45. The second-order valence-corrected chi connectivity index (χ2v) is 3.94. The Kier molecular flexibility index (Phi) is 3.64. The van der Waals surface area contributed by atoms with Gasteiger partial charge in [-0.1, -0.05) is 23.9 Å². The molecule has 4 nitrogen and oxygen atoms in total. The first-order chi connectivity index (χ1) is 6.84. The molecule has 0 saturated heterocycles. The van der Waals surface area contributed by atoms with Crippen molar-refractivity contribution in [2.24, 2.45) is 0 Å². The van der Waals surface area contributed by atoms with Crippen molar-refractivity contribution in [3.8, 4) is 0 Å². The molecule has 0 amide bonds. The van der Waals surface area contributed by atoms with Crippen LogP contribution in [0.1, 0.15) is 32.1 Å². The first-order valence-electron chi connectivity index (χ1n) is 5.03. The smallest absolute Gasteiger partial charge is 0.203 e. The van der Waals surface area contributed by atoms with Gasteiger partial charge in [-0.3, -0.25) is 5.43 Å². The molecule has 2 aliphatic rings. The molecule has 1 aliphatic heterocycles. The highest BCUT2D eigenvalue weighted by molar-refractivity contribution is 6.12. The maximum atomic E-state index is 5.76. The summed E-state index contributed by atoms with van der Waals surface area (Å²) < 4.78 is 7.00. The molecule has 1 heterocycles. The van der Waals surface area contributed by atoms with E-state index >= 15 is 0 Å². The van der Waals surface area contributed by atoms with Crippen LogP contribution >= 0.6 is 11.8 Å². The normalized spacial score (nSPS) is 26.4. The van der Waals surface area contributed by atoms with Crippen LogP contribution < -0.4 is 10.9 Å². The largest absolute Gasteiger partial charge is 0.348 e. The molecule has 0 aromatic rings. The third-order valence-corrected chi connectivity index (χ3v) is 2.66. The lowest BCUT2D eigenvalue weighted by Gasteiger charge is -2.29. The van der Waals surface area contributed by atoms with Crippen LogP contribution in [0, 0.1) is 6.23 Å². The SMILES string of the molecule is ClN1NC=C[C](OC2CCCCC2)N1. The van der Waals surface area contributed by atoms with Crippen LogP contribution in [0.15, 0.2) is 12.3 Å². The standard InChI is InChI=1S/C9H15ClN3O/c10-13-11-7-6-9(12-13)14-8-4-2-1-3-5-8/h6-8,11-12H,1-5H2. The van der Waals surface area contributed by atoms with E-state index < -0.39 is 0 Å². The molecule has 2 N–H and O–H groups in total. The summed E-state index contributed by atoms with van der Waals surface area (Å²) in [6.45, 7) is 0. The van der Waals surface area contributed by atoms with E-state index in [-0.39, 0.29) is 0 Å². The zero-order valence-corrected chi connectivity index (χ0v) is 8.76. The summed E-state index contributed by atoms with van der Waals surface area (Å²) in [6, 6.07) is 0. The van der Waals surface area contributed by atoms with Gasteiger partial charge >= 0.3 is 0 Å². The Morgan fingerprint density at radius 1 is 1.36 bits per heavy atom. The molecule has 14 heavy (non-hydrogen) atoms. The summed E-state index contributed by atoms with van der Waals surface area (Å²) in [6.07, 6.45) is 10.8. The minimum atomic E-state index is 0.346. The molecule has 1 saturated carbocycles. The average Bonchev–Trinajstić information content (AvgIpc) is 2.19. The molecular formula is C9H15ClN3O. The zero-order chi connectivity index (χ0) is 9.80. The molecule has 0 aromatic heterocycles. The molecule has 0 unspecified atom stereocenters. The monoisotopic (exact) mass is 216 g/mol. The second kappa shape index (κ2) is 4.98. The maximum Gasteiger partial charge on any atom is 0.203 e. The summed E-state index contributed by atoms with van der Waals surface area (Å²) in [5.74, 6) is 0. The van der Waals surface area contributed by atoms with Crippen molar-refractivity contribution in [2.45, 2.75) is 38.2 Å². The van der Waals surface area contributed by atoms with E-state index in [9.17, 15) is 0 Å². The second-order valence-electron chi connectivity index (χ2n) is 3.60. The molecule has 2 rings (SSSR count). The Hall–Kier alpha value is -0.290. The third-order valence-electron chi connectivity index (χ3n) is 2.48. The van der Waals surface area contributed by atoms with Crippen molar-refractivity contribution >= 4 is 11.8 Å². The molecule has 0 bridgehead atoms. The Balaban J connectivity index is 1.78. The minimum absolute atomic E-state index is 0.346. The van der Waals surface area contributed by atoms with Crippen LogP contribution in [0.4, 0.5) is 0 Å². The molecule has 0 atom stereocenters. The molecule has 0 spiro atoms. The van der Waals surface area contributed by atoms with Gasteiger partial charge in [0.15, 0.2) is 0 Å². The van der Waals surface area contributed by atoms with E-state index in [2.05, 4.69) is 10.9 Å². The van der Waals surface area contributed by atoms with Crippen molar-refractivity contribution in [1.29, 1.82) is 0 Å². The molecule has 5 heteroatoms. The third kappa shape index (κ3) is 2.85. The van der Waals surface area contributed by atoms with Crippen molar-refractivity contribution < 1.29 is 4.74 Å². The Morgan fingerprint density at radius 2 is 2.14 bits per heavy atom. The summed E-state index contributed by atoms with van der Waals surface area (Å²) in [7, 11) is 0. The first kappa shape index (κ1) is 10.2. The van der Waals surface area contributed by atoms with Gasteiger partial charge in [0.1, 0.15) is 0 Å². The highest BCUT2D eigenvalue weighted by atomic mass is 35.5. The fourth-order valence-corrected chi connectivity index (χ4v) is 1.91. The summed E-state index contributed by atoms with van der Waals surface area (Å²) in [5.41, 5.74) is 5.61. The van der Waals surface area contributed by atoms with Gasteiger partial charge in [0.05, 0.1) is 6.10 Å². The van der Waals surface area contributed by atoms with Gasteiger partial charge in [0, 0.05) is 18.0 Å². The number of hydrogen-bond acceptors (Lipinski definition) is 4. The van der Waals surface area contributed by atoms with Crippen LogP contribution in [0.2, 0.25) is 0 Å². The minimum Gasteiger partial charge on any atom is -0.348 e. The quantitative estimate of drug-likeness (QED) is 0.691. The van der Waals surface area contributed by atoms with Crippen LogP contribution in [0.25, 0.3) is 0 Å². The van der Waals surface area contributed by atoms with Gasteiger partial charge in [-0.15, -0.1) is 0 Å². The van der Waals surface area contributed by atoms with E-state index in [0.717, 1.165) is 12.8 Å². The highest BCUT2D eigenvalue weighted by Crippen LogP contribution is 2.23. The lowest BCUT2D eigenvalue weighted by molar-refractivity contribution is 0.0111. The number of halogens is 1. The molecule has 1 radical (unpaired) electrons. The number of ether oxygens (including phenoxy) is 1. The fourth-order valence-electron chi connectivity index (χ4n) is 1.77. The fraction of sp³-hybridized carbons (Fsp3) is 0.667. The zero-order valence-electron chi connectivity index (χ0n) is 8.00. The van der Waals surface area contributed by atoms with Gasteiger partial charge in [-0.25, -0.2) is 0 Å². The van der Waals surface area contributed by atoms with Crippen LogP contribution in [0.5, 0.6) is 0 Å². The number of nitrogens with one attached hydrogen (secondary N) is 2. The van der Waals surface area contributed by atoms with E-state index in [1.54, 1.807) is 6.20 Å². The van der Waals surface area contributed by atoms with E-state index in [1.807, 2.05) is 6.08 Å². The Morgan fingerprint density at radius 3 is 2.86 bits per heavy atom. The molecule has 0 aromatic carbocycles. The topological polar surface area (TPSA) is 36.5 Å². The van der Waals surface area contributed by atoms with Crippen LogP contribution in [-0.2, 0) is 4.74 Å². The van der Waals surface area contributed by atoms with Gasteiger partial charge in [0.2, 0.25) is 6.23 Å². The summed E-state index contributed by atoms with van der Waals surface area (Å²) in [4.78, 5) is 0. The Bertz CT molecular complexity index is 206. The lowest BCUT2D eigenvalue weighted by atomic mass is 9.98. The average molecular weight is 217 g/mol. The van der Waals surface area contributed by atoms with Gasteiger partial charge < -0.3 is 4.74 Å².